The first-order valence-corrected chi connectivity index (χ1v) is 8.30. The molecule has 1 aromatic rings. The van der Waals surface area contributed by atoms with Gasteiger partial charge in [0, 0.05) is 11.4 Å². The van der Waals surface area contributed by atoms with Crippen molar-refractivity contribution in [3.63, 3.8) is 0 Å². The molecule has 0 spiro atoms. The van der Waals surface area contributed by atoms with Crippen molar-refractivity contribution < 1.29 is 9.47 Å². The van der Waals surface area contributed by atoms with E-state index >= 15 is 0 Å². The maximum absolute atomic E-state index is 6.10. The fraction of sp³-hybridized carbons (Fsp3) is 0.600. The van der Waals surface area contributed by atoms with Gasteiger partial charge in [-0.15, -0.1) is 0 Å². The molecule has 0 aliphatic heterocycles. The number of halogens is 2. The Balaban J connectivity index is 2.12. The van der Waals surface area contributed by atoms with Crippen LogP contribution >= 0.6 is 27.5 Å². The molecule has 0 aliphatic rings. The molecule has 0 heterocycles. The van der Waals surface area contributed by atoms with Gasteiger partial charge in [-0.2, -0.15) is 0 Å². The summed E-state index contributed by atoms with van der Waals surface area (Å²) in [5.41, 5.74) is 0. The predicted octanol–water partition coefficient (Wildman–Crippen LogP) is 5.46. The zero-order chi connectivity index (χ0) is 13.9. The van der Waals surface area contributed by atoms with Crippen LogP contribution in [0, 0.1) is 0 Å². The van der Waals surface area contributed by atoms with E-state index in [1.54, 1.807) is 13.2 Å². The third-order valence-corrected chi connectivity index (χ3v) is 3.78. The van der Waals surface area contributed by atoms with Crippen LogP contribution in [0.25, 0.3) is 0 Å². The highest BCUT2D eigenvalue weighted by Gasteiger charge is 2.03. The smallest absolute Gasteiger partial charge is 0.138 e. The van der Waals surface area contributed by atoms with E-state index in [1.165, 1.54) is 32.1 Å². The van der Waals surface area contributed by atoms with E-state index < -0.39 is 0 Å². The fourth-order valence-corrected chi connectivity index (χ4v) is 2.43. The van der Waals surface area contributed by atoms with Gasteiger partial charge in [-0.3, -0.25) is 0 Å². The monoisotopic (exact) mass is 348 g/mol. The molecule has 0 radical (unpaired) electrons. The molecule has 0 saturated heterocycles. The first-order valence-electron chi connectivity index (χ1n) is 6.80. The fourth-order valence-electron chi connectivity index (χ4n) is 1.81. The van der Waals surface area contributed by atoms with Gasteiger partial charge in [0.1, 0.15) is 11.5 Å². The van der Waals surface area contributed by atoms with Crippen LogP contribution in [0.5, 0.6) is 11.5 Å². The number of methoxy groups -OCH3 is 1. The number of hydrogen-bond donors (Lipinski definition) is 0. The third kappa shape index (κ3) is 7.07. The lowest BCUT2D eigenvalue weighted by Crippen LogP contribution is -1.98. The van der Waals surface area contributed by atoms with Crippen molar-refractivity contribution in [3.8, 4) is 11.5 Å². The van der Waals surface area contributed by atoms with Crippen LogP contribution in [0.4, 0.5) is 0 Å². The summed E-state index contributed by atoms with van der Waals surface area (Å²) in [6, 6.07) is 5.50. The van der Waals surface area contributed by atoms with Crippen molar-refractivity contribution in [1.82, 2.24) is 0 Å². The lowest BCUT2D eigenvalue weighted by molar-refractivity contribution is 0.304. The molecule has 4 heteroatoms. The quantitative estimate of drug-likeness (QED) is 0.412. The molecule has 0 fully saturated rings. The van der Waals surface area contributed by atoms with Crippen LogP contribution in [0.1, 0.15) is 38.5 Å². The Hall–Kier alpha value is -0.410. The molecule has 0 amide bonds. The third-order valence-electron chi connectivity index (χ3n) is 2.92. The van der Waals surface area contributed by atoms with Crippen LogP contribution < -0.4 is 9.47 Å². The normalized spacial score (nSPS) is 10.5. The maximum Gasteiger partial charge on any atom is 0.138 e. The standard InChI is InChI=1S/C15H22BrClO2/c1-18-13-8-9-15(14(17)12-13)19-11-7-5-3-2-4-6-10-16/h8-9,12H,2-7,10-11H2,1H3. The molecule has 19 heavy (non-hydrogen) atoms. The Morgan fingerprint density at radius 1 is 1.05 bits per heavy atom. The van der Waals surface area contributed by atoms with Gasteiger partial charge in [0.2, 0.25) is 0 Å². The molecule has 108 valence electrons. The van der Waals surface area contributed by atoms with Gasteiger partial charge < -0.3 is 9.47 Å². The number of benzene rings is 1. The zero-order valence-electron chi connectivity index (χ0n) is 11.5. The van der Waals surface area contributed by atoms with Crippen molar-refractivity contribution in [1.29, 1.82) is 0 Å². The second kappa shape index (κ2) is 10.4. The average Bonchev–Trinajstić information content (AvgIpc) is 2.43. The highest BCUT2D eigenvalue weighted by atomic mass is 79.9. The zero-order valence-corrected chi connectivity index (χ0v) is 13.8. The molecule has 0 bridgehead atoms. The summed E-state index contributed by atoms with van der Waals surface area (Å²) in [7, 11) is 1.63. The average molecular weight is 350 g/mol. The van der Waals surface area contributed by atoms with E-state index in [-0.39, 0.29) is 0 Å². The molecule has 0 aliphatic carbocycles. The van der Waals surface area contributed by atoms with Crippen LogP contribution in [-0.2, 0) is 0 Å². The van der Waals surface area contributed by atoms with E-state index in [9.17, 15) is 0 Å². The minimum Gasteiger partial charge on any atom is -0.497 e. The Bertz CT molecular complexity index is 358. The van der Waals surface area contributed by atoms with Crippen LogP contribution in [0.2, 0.25) is 5.02 Å². The number of alkyl halides is 1. The first-order chi connectivity index (χ1) is 9.27. The van der Waals surface area contributed by atoms with Gasteiger partial charge in [-0.1, -0.05) is 53.2 Å². The largest absolute Gasteiger partial charge is 0.497 e. The molecule has 1 aromatic carbocycles. The minimum absolute atomic E-state index is 0.608. The maximum atomic E-state index is 6.10. The molecule has 0 unspecified atom stereocenters. The van der Waals surface area contributed by atoms with Crippen LogP contribution in [0.15, 0.2) is 18.2 Å². The first kappa shape index (κ1) is 16.6. The van der Waals surface area contributed by atoms with E-state index in [0.29, 0.717) is 5.02 Å². The highest BCUT2D eigenvalue weighted by molar-refractivity contribution is 9.09. The van der Waals surface area contributed by atoms with Crippen LogP contribution in [0.3, 0.4) is 0 Å². The van der Waals surface area contributed by atoms with E-state index in [1.807, 2.05) is 12.1 Å². The van der Waals surface area contributed by atoms with Gasteiger partial charge >= 0.3 is 0 Å². The highest BCUT2D eigenvalue weighted by Crippen LogP contribution is 2.28. The lowest BCUT2D eigenvalue weighted by Gasteiger charge is -2.09. The summed E-state index contributed by atoms with van der Waals surface area (Å²) in [6.45, 7) is 0.727. The van der Waals surface area contributed by atoms with Crippen molar-refractivity contribution in [2.75, 3.05) is 19.0 Å². The van der Waals surface area contributed by atoms with Gasteiger partial charge in [0.15, 0.2) is 0 Å². The summed E-state index contributed by atoms with van der Waals surface area (Å²) in [6.07, 6.45) is 7.49. The molecule has 2 nitrogen and oxygen atoms in total. The Kier molecular flexibility index (Phi) is 9.10. The SMILES string of the molecule is COc1ccc(OCCCCCCCCBr)c(Cl)c1. The number of rotatable bonds is 10. The van der Waals surface area contributed by atoms with Crippen molar-refractivity contribution in [2.45, 2.75) is 38.5 Å². The molecule has 0 saturated carbocycles. The van der Waals surface area contributed by atoms with Crippen molar-refractivity contribution in [3.05, 3.63) is 23.2 Å². The van der Waals surface area contributed by atoms with Crippen molar-refractivity contribution in [2.24, 2.45) is 0 Å². The summed E-state index contributed by atoms with van der Waals surface area (Å²) < 4.78 is 10.8. The molecule has 0 atom stereocenters. The Labute approximate surface area is 129 Å². The Morgan fingerprint density at radius 3 is 2.37 bits per heavy atom. The second-order valence-electron chi connectivity index (χ2n) is 4.46. The molecule has 1 rings (SSSR count). The molecule has 0 N–H and O–H groups in total. The van der Waals surface area contributed by atoms with Gasteiger partial charge in [-0.25, -0.2) is 0 Å². The Morgan fingerprint density at radius 2 is 1.74 bits per heavy atom. The topological polar surface area (TPSA) is 18.5 Å². The summed E-state index contributed by atoms with van der Waals surface area (Å²) in [5, 5.41) is 1.73. The molecular formula is C15H22BrClO2. The van der Waals surface area contributed by atoms with E-state index in [4.69, 9.17) is 21.1 Å². The van der Waals surface area contributed by atoms with Crippen LogP contribution in [-0.4, -0.2) is 19.0 Å². The summed E-state index contributed by atoms with van der Waals surface area (Å²) in [5.74, 6) is 1.49. The minimum atomic E-state index is 0.608. The van der Waals surface area contributed by atoms with Gasteiger partial charge in [-0.05, 0) is 25.0 Å². The number of unbranched alkanes of at least 4 members (excludes halogenated alkanes) is 5. The number of ether oxygens (including phenoxy) is 2. The molecular weight excluding hydrogens is 328 g/mol. The van der Waals surface area contributed by atoms with E-state index in [0.717, 1.165) is 29.9 Å². The number of hydrogen-bond acceptors (Lipinski definition) is 2. The lowest BCUT2D eigenvalue weighted by atomic mass is 10.1. The molecule has 0 aromatic heterocycles. The second-order valence-corrected chi connectivity index (χ2v) is 5.66. The summed E-state index contributed by atoms with van der Waals surface area (Å²) in [4.78, 5) is 0. The predicted molar refractivity (Wildman–Crippen MR) is 85.0 cm³/mol. The van der Waals surface area contributed by atoms with Gasteiger partial charge in [0.05, 0.1) is 18.7 Å². The van der Waals surface area contributed by atoms with E-state index in [2.05, 4.69) is 15.9 Å². The summed E-state index contributed by atoms with van der Waals surface area (Å²) >= 11 is 9.54. The van der Waals surface area contributed by atoms with Crippen molar-refractivity contribution >= 4 is 27.5 Å². The van der Waals surface area contributed by atoms with Gasteiger partial charge in [0.25, 0.3) is 0 Å².